The number of anilines is 6. The van der Waals surface area contributed by atoms with E-state index in [2.05, 4.69) is 231 Å². The van der Waals surface area contributed by atoms with E-state index in [1.54, 1.807) is 0 Å². The summed E-state index contributed by atoms with van der Waals surface area (Å²) in [6.07, 6.45) is 0. The maximum atomic E-state index is 2.41. The van der Waals surface area contributed by atoms with E-state index in [1.807, 2.05) is 0 Å². The minimum Gasteiger partial charge on any atom is -0.310 e. The number of hydrogen-bond donors (Lipinski definition) is 0. The highest BCUT2D eigenvalue weighted by molar-refractivity contribution is 6.89. The number of nitrogens with zero attached hydrogens (tertiary/aromatic N) is 2. The van der Waals surface area contributed by atoms with Crippen LogP contribution in [0, 0.1) is 0 Å². The summed E-state index contributed by atoms with van der Waals surface area (Å²) in [4.78, 5) is 4.78. The van der Waals surface area contributed by atoms with E-state index in [4.69, 9.17) is 0 Å². The minimum atomic E-state index is -1.43. The third-order valence-electron chi connectivity index (χ3n) is 11.3. The van der Waals surface area contributed by atoms with Gasteiger partial charge in [0.2, 0.25) is 0 Å². The van der Waals surface area contributed by atoms with Crippen LogP contribution in [0.5, 0.6) is 0 Å². The Labute approximate surface area is 333 Å². The van der Waals surface area contributed by atoms with Gasteiger partial charge in [0, 0.05) is 34.1 Å². The van der Waals surface area contributed by atoms with Crippen molar-refractivity contribution in [3.8, 4) is 0 Å². The van der Waals surface area contributed by atoms with Crippen LogP contribution in [0.4, 0.5) is 34.1 Å². The van der Waals surface area contributed by atoms with Crippen LogP contribution in [0.15, 0.2) is 182 Å². The van der Waals surface area contributed by atoms with Crippen molar-refractivity contribution in [3.63, 3.8) is 0 Å². The Morgan fingerprint density at radius 2 is 0.661 bits per heavy atom. The molecular formula is C52H48N2Si2. The van der Waals surface area contributed by atoms with Crippen molar-refractivity contribution in [2.24, 2.45) is 0 Å². The van der Waals surface area contributed by atoms with E-state index in [0.29, 0.717) is 0 Å². The first kappa shape index (κ1) is 35.7. The molecule has 9 rings (SSSR count). The molecular weight excluding hydrogens is 709 g/mol. The standard InChI is InChI=1S/C52H48N2Si2/c1-55(2,3)44-28-22-40(23-29-44)53(38-15-9-7-10-16-38)42-26-33-46-37(35-42)21-32-50-48-34-27-43(36-51(48)47-19-13-14-20-49(47)52(46)50)54(39-17-11-8-12-18-39)41-24-30-45(31-25-41)56(4,5)6/h7-36H,1-6H3. The zero-order chi connectivity index (χ0) is 38.6. The van der Waals surface area contributed by atoms with Crippen LogP contribution < -0.4 is 20.2 Å². The number of rotatable bonds is 8. The fourth-order valence-corrected chi connectivity index (χ4v) is 10.6. The summed E-state index contributed by atoms with van der Waals surface area (Å²) in [6, 6.07) is 67.7. The Morgan fingerprint density at radius 1 is 0.286 bits per heavy atom. The van der Waals surface area contributed by atoms with Gasteiger partial charge in [0.05, 0.1) is 16.1 Å². The third-order valence-corrected chi connectivity index (χ3v) is 15.4. The van der Waals surface area contributed by atoms with E-state index in [-0.39, 0.29) is 0 Å². The molecule has 56 heavy (non-hydrogen) atoms. The van der Waals surface area contributed by atoms with E-state index in [9.17, 15) is 0 Å². The second-order valence-corrected chi connectivity index (χ2v) is 27.3. The molecule has 0 radical (unpaired) electrons. The lowest BCUT2D eigenvalue weighted by molar-refractivity contribution is 1.29. The number of hydrogen-bond acceptors (Lipinski definition) is 2. The molecule has 0 fully saturated rings. The fourth-order valence-electron chi connectivity index (χ4n) is 8.31. The molecule has 9 aromatic rings. The Bertz CT molecular complexity index is 2830. The molecule has 0 unspecified atom stereocenters. The Kier molecular flexibility index (Phi) is 8.91. The topological polar surface area (TPSA) is 6.48 Å². The molecule has 9 aromatic carbocycles. The third kappa shape index (κ3) is 6.49. The van der Waals surface area contributed by atoms with Gasteiger partial charge in [0.25, 0.3) is 0 Å². The molecule has 0 saturated heterocycles. The Hall–Kier alpha value is -5.95. The summed E-state index contributed by atoms with van der Waals surface area (Å²) in [6.45, 7) is 14.4. The molecule has 0 heterocycles. The quantitative estimate of drug-likeness (QED) is 0.113. The summed E-state index contributed by atoms with van der Waals surface area (Å²) in [7, 11) is -2.85. The summed E-state index contributed by atoms with van der Waals surface area (Å²) in [5, 5.41) is 13.1. The molecule has 0 aliphatic heterocycles. The molecule has 0 amide bonds. The van der Waals surface area contributed by atoms with E-state index < -0.39 is 16.1 Å². The first-order valence-electron chi connectivity index (χ1n) is 19.8. The smallest absolute Gasteiger partial charge is 0.0775 e. The molecule has 0 aliphatic rings. The Morgan fingerprint density at radius 3 is 1.18 bits per heavy atom. The lowest BCUT2D eigenvalue weighted by Gasteiger charge is -2.27. The first-order valence-corrected chi connectivity index (χ1v) is 26.8. The van der Waals surface area contributed by atoms with Crippen LogP contribution in [0.3, 0.4) is 0 Å². The first-order chi connectivity index (χ1) is 27.0. The lowest BCUT2D eigenvalue weighted by atomic mass is 9.90. The maximum Gasteiger partial charge on any atom is 0.0775 e. The van der Waals surface area contributed by atoms with Crippen molar-refractivity contribution in [1.82, 2.24) is 0 Å². The Balaban J connectivity index is 1.21. The van der Waals surface area contributed by atoms with E-state index >= 15 is 0 Å². The van der Waals surface area contributed by atoms with Gasteiger partial charge in [0.15, 0.2) is 0 Å². The van der Waals surface area contributed by atoms with Crippen molar-refractivity contribution in [1.29, 1.82) is 0 Å². The van der Waals surface area contributed by atoms with Gasteiger partial charge in [-0.05, 0) is 116 Å². The number of fused-ring (bicyclic) bond motifs is 8. The number of para-hydroxylation sites is 2. The lowest BCUT2D eigenvalue weighted by Crippen LogP contribution is -2.37. The maximum absolute atomic E-state index is 2.41. The van der Waals surface area contributed by atoms with Crippen LogP contribution in [0.1, 0.15) is 0 Å². The van der Waals surface area contributed by atoms with Gasteiger partial charge in [0.1, 0.15) is 0 Å². The highest BCUT2D eigenvalue weighted by Gasteiger charge is 2.21. The monoisotopic (exact) mass is 756 g/mol. The van der Waals surface area contributed by atoms with Gasteiger partial charge in [-0.3, -0.25) is 0 Å². The largest absolute Gasteiger partial charge is 0.310 e. The van der Waals surface area contributed by atoms with Crippen molar-refractivity contribution >= 4 is 104 Å². The summed E-state index contributed by atoms with van der Waals surface area (Å²) in [5.74, 6) is 0. The highest BCUT2D eigenvalue weighted by atomic mass is 28.3. The van der Waals surface area contributed by atoms with Crippen molar-refractivity contribution < 1.29 is 0 Å². The van der Waals surface area contributed by atoms with Crippen molar-refractivity contribution in [3.05, 3.63) is 182 Å². The van der Waals surface area contributed by atoms with Crippen LogP contribution in [0.25, 0.3) is 43.1 Å². The summed E-state index contributed by atoms with van der Waals surface area (Å²) >= 11 is 0. The zero-order valence-electron chi connectivity index (χ0n) is 33.2. The second-order valence-electron chi connectivity index (χ2n) is 17.1. The molecule has 274 valence electrons. The summed E-state index contributed by atoms with van der Waals surface area (Å²) in [5.41, 5.74) is 6.94. The van der Waals surface area contributed by atoms with Crippen LogP contribution in [-0.2, 0) is 0 Å². The van der Waals surface area contributed by atoms with Gasteiger partial charge in [-0.1, -0.05) is 159 Å². The second kappa shape index (κ2) is 14.0. The van der Waals surface area contributed by atoms with Crippen molar-refractivity contribution in [2.45, 2.75) is 39.3 Å². The zero-order valence-corrected chi connectivity index (χ0v) is 35.2. The van der Waals surface area contributed by atoms with Gasteiger partial charge in [-0.2, -0.15) is 0 Å². The molecule has 0 atom stereocenters. The average molecular weight is 757 g/mol. The molecule has 0 aromatic heterocycles. The normalized spacial score (nSPS) is 12.1. The molecule has 2 nitrogen and oxygen atoms in total. The van der Waals surface area contributed by atoms with Gasteiger partial charge in [-0.15, -0.1) is 0 Å². The SMILES string of the molecule is C[Si](C)(C)c1ccc(N(c2ccccc2)c2ccc3c(ccc4c5ccc(N(c6ccccc6)c6ccc([Si](C)(C)C)cc6)cc5c5ccccc5c34)c2)cc1. The van der Waals surface area contributed by atoms with Gasteiger partial charge in [-0.25, -0.2) is 0 Å². The molecule has 0 saturated carbocycles. The fraction of sp³-hybridized carbons (Fsp3) is 0.115. The molecule has 0 N–H and O–H groups in total. The molecule has 4 heteroatoms. The molecule has 0 aliphatic carbocycles. The minimum absolute atomic E-state index is 1.15. The predicted octanol–water partition coefficient (Wildman–Crippen LogP) is 14.3. The number of benzene rings is 9. The predicted molar refractivity (Wildman–Crippen MR) is 252 cm³/mol. The highest BCUT2D eigenvalue weighted by Crippen LogP contribution is 2.44. The molecule has 0 bridgehead atoms. The van der Waals surface area contributed by atoms with Crippen LogP contribution in [-0.4, -0.2) is 16.1 Å². The van der Waals surface area contributed by atoms with Crippen LogP contribution in [0.2, 0.25) is 39.3 Å². The van der Waals surface area contributed by atoms with Gasteiger partial charge >= 0.3 is 0 Å². The summed E-state index contributed by atoms with van der Waals surface area (Å²) < 4.78 is 0. The average Bonchev–Trinajstić information content (AvgIpc) is 3.21. The molecule has 0 spiro atoms. The van der Waals surface area contributed by atoms with Gasteiger partial charge < -0.3 is 9.80 Å². The van der Waals surface area contributed by atoms with Crippen molar-refractivity contribution in [2.75, 3.05) is 9.80 Å². The van der Waals surface area contributed by atoms with Crippen LogP contribution >= 0.6 is 0 Å². The van der Waals surface area contributed by atoms with E-state index in [0.717, 1.165) is 22.7 Å². The van der Waals surface area contributed by atoms with E-state index in [1.165, 1.54) is 64.8 Å².